The van der Waals surface area contributed by atoms with E-state index in [0.717, 1.165) is 70.8 Å². The number of nitrogens with one attached hydrogen (secondary N) is 6. The number of hydrogen-bond donors (Lipinski definition) is 21. The Balaban J connectivity index is 0.921. The zero-order chi connectivity index (χ0) is 103. The lowest BCUT2D eigenvalue weighted by atomic mass is 9.84. The molecule has 762 valence electrons. The monoisotopic (exact) mass is 2030 g/mol. The average molecular weight is 2030 g/mol. The third-order valence-corrected chi connectivity index (χ3v) is 27.2. The number of carbonyl (C=O) groups is 9. The standard InChI is InChI=1S/C101H116Cl3N7O31/c1-7-50(28-46(2)3)95(131)109-82-69(118)33-57(36-78(105)121)96(132)108-81-56-34-75(138-73-25-21-53(84(82)122)31-64(73)103)92(142-100-93(91(129)89(127)77(43-113)140-100)141-79-39-101(6,94(130)48(5)137-79)107-40-49-19-24-72(63(102)29-49)135-44-55-16-13-17-58(47(55)4)51-14-9-8-10-15-51)76(35-56)139-74-26-22-54(32-65(74)104)85(123)83-98(134)111-99(136-45-114)61-38-68(117)62(41-106-27-12-11-18-67(116)87(125)90(128)88(126)71(120)42-112)86(124)80(61)60-30-52(20-23-66(60)115)59(37-70(81)119)97(133)110-83/h8-10,13-17,19-26,29-32,34-35,38,45-46,48,50,57,59,71,77,79,81-85,87-91,93-94,99-100,106-107,112-113,115,117,120,122-130H,7,11-12,18,27-28,33,36-37,39-44H2,1-6H3,(H2,105,121)(H,108,132)(H,109,131)(H,110,133)(H,111,134)/t48?,50-,57+,59+,71-,77-,79+,81-,82+,83+,84-,85-,87+,88-,89?,90-,91?,93-,94-,99-,100?,101?/m1/s1. The Bertz CT molecular complexity index is 5950. The van der Waals surface area contributed by atoms with Crippen molar-refractivity contribution in [1.82, 2.24) is 31.9 Å². The van der Waals surface area contributed by atoms with Crippen LogP contribution in [0.25, 0.3) is 22.3 Å². The van der Waals surface area contributed by atoms with Gasteiger partial charge in [0.05, 0.1) is 57.9 Å². The summed E-state index contributed by atoms with van der Waals surface area (Å²) in [7, 11) is 0. The first-order valence-electron chi connectivity index (χ1n) is 46.3. The average Bonchev–Trinajstić information content (AvgIpc) is 0.760. The van der Waals surface area contributed by atoms with E-state index in [9.17, 15) is 90.7 Å². The van der Waals surface area contributed by atoms with Gasteiger partial charge in [-0.2, -0.15) is 0 Å². The van der Waals surface area contributed by atoms with E-state index in [4.69, 9.17) is 78.4 Å². The van der Waals surface area contributed by atoms with Crippen molar-refractivity contribution < 1.29 is 153 Å². The zero-order valence-electron chi connectivity index (χ0n) is 78.1. The summed E-state index contributed by atoms with van der Waals surface area (Å²) in [6, 6.07) is 28.0. The molecular weight excluding hydrogens is 1910 g/mol. The van der Waals surface area contributed by atoms with Gasteiger partial charge in [0.2, 0.25) is 47.8 Å². The highest BCUT2D eigenvalue weighted by atomic mass is 35.5. The van der Waals surface area contributed by atoms with E-state index in [1.165, 1.54) is 24.3 Å². The SMILES string of the molecule is CC[C@H](CC(C)C)C(=O)N[C@H]1C(=O)C[C@@H](CC(N)=O)C(=O)N[C@H]2C(=O)C[C@@H]3C(=O)N[C@H](C(=O)N[C@H](OC=O)c4cc(O)c(CNCCCCC(=O)[C@H](O)[C@@H](O)[C@H](O)[C@H](O)CO)c(O)c4-c4cc3ccc4O)[C@H](O)c3ccc(c(Cl)c3)Oc3cc2cc(c3OC2O[C@H](CO)C(O)C(O)[C@H]2O[C@H]2CC(C)(NCc3ccc(OCc4cccc(-c5ccccc5)c4C)c(Cl)c3)[C@H](O)C(C)O2)Oc2ccc(cc2Cl)[C@H]1O. The number of unbranched alkanes of at least 4 members (excludes halogenated alkanes) is 1. The van der Waals surface area contributed by atoms with Crippen LogP contribution < -0.4 is 56.6 Å². The molecule has 5 amide bonds. The predicted octanol–water partition coefficient (Wildman–Crippen LogP) is 6.87. The van der Waals surface area contributed by atoms with Gasteiger partial charge in [-0.25, -0.2) is 0 Å². The number of Topliss-reactive ketones (excluding diaryl/α,β-unsaturated/α-hetero) is 3. The fourth-order valence-electron chi connectivity index (χ4n) is 18.2. The molecule has 7 aliphatic heterocycles. The summed E-state index contributed by atoms with van der Waals surface area (Å²) in [6.07, 6.45) is -31.5. The molecular formula is C101H116Cl3N7O31. The third kappa shape index (κ3) is 24.7. The number of halogens is 3. The van der Waals surface area contributed by atoms with Crippen LogP contribution in [0.5, 0.6) is 51.7 Å². The van der Waals surface area contributed by atoms with Crippen LogP contribution in [0, 0.1) is 24.7 Å². The molecule has 142 heavy (non-hydrogen) atoms. The molecule has 11 bridgehead atoms. The van der Waals surface area contributed by atoms with E-state index in [1.807, 2.05) is 69.3 Å². The fraction of sp³-hybridized carbons (Fsp3) is 0.436. The highest BCUT2D eigenvalue weighted by Crippen LogP contribution is 2.52. The molecule has 8 aromatic carbocycles. The van der Waals surface area contributed by atoms with Gasteiger partial charge in [-0.1, -0.05) is 128 Å². The molecule has 8 aromatic rings. The number of carbonyl (C=O) groups excluding carboxylic acids is 9. The van der Waals surface area contributed by atoms with Gasteiger partial charge >= 0.3 is 0 Å². The van der Waals surface area contributed by atoms with Crippen molar-refractivity contribution in [3.63, 3.8) is 0 Å². The van der Waals surface area contributed by atoms with Crippen molar-refractivity contribution in [3.8, 4) is 74.0 Å². The minimum Gasteiger partial charge on any atom is -0.507 e. The number of ether oxygens (including phenoxy) is 8. The number of amides is 5. The largest absolute Gasteiger partial charge is 0.507 e. The molecule has 41 heteroatoms. The summed E-state index contributed by atoms with van der Waals surface area (Å²) in [6.45, 7) is 8.37. The Hall–Kier alpha value is -11.6. The van der Waals surface area contributed by atoms with Gasteiger partial charge in [-0.05, 0) is 176 Å². The van der Waals surface area contributed by atoms with Gasteiger partial charge in [-0.3, -0.25) is 43.2 Å². The minimum atomic E-state index is -2.29. The lowest BCUT2D eigenvalue weighted by Gasteiger charge is -2.48. The molecule has 0 saturated carbocycles. The molecule has 22 atom stereocenters. The summed E-state index contributed by atoms with van der Waals surface area (Å²) >= 11 is 21.5. The number of primary amides is 1. The van der Waals surface area contributed by atoms with Gasteiger partial charge in [0.15, 0.2) is 41.2 Å². The van der Waals surface area contributed by atoms with Crippen molar-refractivity contribution in [3.05, 3.63) is 205 Å². The highest BCUT2D eigenvalue weighted by Gasteiger charge is 2.53. The molecule has 5 unspecified atom stereocenters. The molecule has 15 rings (SSSR count). The normalized spacial score (nSPS) is 25.3. The maximum absolute atomic E-state index is 16.7. The summed E-state index contributed by atoms with van der Waals surface area (Å²) < 4.78 is 51.8. The Morgan fingerprint density at radius 2 is 1.37 bits per heavy atom. The summed E-state index contributed by atoms with van der Waals surface area (Å²) in [5.74, 6) is -18.5. The van der Waals surface area contributed by atoms with Gasteiger partial charge in [-0.15, -0.1) is 0 Å². The van der Waals surface area contributed by atoms with Crippen molar-refractivity contribution >= 4 is 88.2 Å². The predicted molar refractivity (Wildman–Crippen MR) is 509 cm³/mol. The first-order valence-corrected chi connectivity index (χ1v) is 47.5. The van der Waals surface area contributed by atoms with Crippen LogP contribution in [0.1, 0.15) is 173 Å². The van der Waals surface area contributed by atoms with Gasteiger partial charge in [0.1, 0.15) is 114 Å². The Kier molecular flexibility index (Phi) is 35.9. The van der Waals surface area contributed by atoms with E-state index < -0.39 is 287 Å². The molecule has 0 radical (unpaired) electrons. The summed E-state index contributed by atoms with van der Waals surface area (Å²) in [4.78, 5) is 133. The molecule has 22 N–H and O–H groups in total. The lowest BCUT2D eigenvalue weighted by Crippen LogP contribution is -2.65. The molecule has 0 aromatic heterocycles. The van der Waals surface area contributed by atoms with Crippen LogP contribution in [0.4, 0.5) is 0 Å². The zero-order valence-corrected chi connectivity index (χ0v) is 80.3. The summed E-state index contributed by atoms with van der Waals surface area (Å²) in [5.41, 5.74) is 6.35. The highest BCUT2D eigenvalue weighted by molar-refractivity contribution is 6.33. The number of phenols is 3. The number of nitrogens with two attached hydrogens (primary N) is 1. The number of aromatic hydroxyl groups is 3. The number of phenolic OH excluding ortho intramolecular Hbond substituents is 3. The van der Waals surface area contributed by atoms with Gasteiger partial charge < -0.3 is 147 Å². The van der Waals surface area contributed by atoms with E-state index >= 15 is 24.0 Å². The molecule has 7 aliphatic rings. The van der Waals surface area contributed by atoms with E-state index in [2.05, 4.69) is 31.9 Å². The quantitative estimate of drug-likeness (QED) is 0.0147. The lowest BCUT2D eigenvalue weighted by molar-refractivity contribution is -0.334. The maximum Gasteiger partial charge on any atom is 0.295 e. The third-order valence-electron chi connectivity index (χ3n) is 26.3. The molecule has 38 nitrogen and oxygen atoms in total. The van der Waals surface area contributed by atoms with Crippen molar-refractivity contribution in [1.29, 1.82) is 0 Å². The van der Waals surface area contributed by atoms with Crippen LogP contribution in [0.15, 0.2) is 140 Å². The van der Waals surface area contributed by atoms with E-state index in [0.29, 0.717) is 17.7 Å². The number of aliphatic hydroxyl groups is 11. The number of aliphatic hydroxyl groups excluding tert-OH is 11. The molecule has 7 heterocycles. The van der Waals surface area contributed by atoms with Crippen LogP contribution in [-0.4, -0.2) is 236 Å². The molecule has 2 saturated heterocycles. The van der Waals surface area contributed by atoms with E-state index in [1.54, 1.807) is 39.0 Å². The first kappa shape index (κ1) is 108. The van der Waals surface area contributed by atoms with Crippen LogP contribution >= 0.6 is 34.8 Å². The van der Waals surface area contributed by atoms with Crippen molar-refractivity contribution in [2.75, 3.05) is 19.8 Å². The van der Waals surface area contributed by atoms with E-state index in [-0.39, 0.29) is 102 Å². The first-order chi connectivity index (χ1) is 67.6. The van der Waals surface area contributed by atoms with Crippen LogP contribution in [-0.2, 0) is 81.8 Å². The molecule has 2 fully saturated rings. The number of ketones is 3. The fourth-order valence-corrected chi connectivity index (χ4v) is 18.9. The smallest absolute Gasteiger partial charge is 0.295 e. The number of hydrogen-bond acceptors (Lipinski definition) is 33. The Morgan fingerprint density at radius 3 is 2.01 bits per heavy atom. The second-order valence-electron chi connectivity index (χ2n) is 36.7. The second kappa shape index (κ2) is 47.3. The molecule has 0 aliphatic carbocycles. The van der Waals surface area contributed by atoms with Gasteiger partial charge in [0.25, 0.3) is 6.47 Å². The summed E-state index contributed by atoms with van der Waals surface area (Å²) in [5, 5.41) is 176. The number of benzene rings is 8. The molecule has 0 spiro atoms. The number of rotatable bonds is 33. The second-order valence-corrected chi connectivity index (χ2v) is 37.9. The van der Waals surface area contributed by atoms with Crippen molar-refractivity contribution in [2.45, 2.75) is 241 Å². The Morgan fingerprint density at radius 1 is 0.690 bits per heavy atom. The van der Waals surface area contributed by atoms with Crippen LogP contribution in [0.2, 0.25) is 15.1 Å². The van der Waals surface area contributed by atoms with Gasteiger partial charge in [0, 0.05) is 73.3 Å². The van der Waals surface area contributed by atoms with Crippen molar-refractivity contribution in [2.24, 2.45) is 23.5 Å². The van der Waals surface area contributed by atoms with Crippen LogP contribution in [0.3, 0.4) is 0 Å². The minimum absolute atomic E-state index is 0.0155. The Labute approximate surface area is 830 Å². The topological polar surface area (TPSA) is 609 Å². The maximum atomic E-state index is 16.7. The number of fused-ring (bicyclic) bond motifs is 15.